The van der Waals surface area contributed by atoms with Gasteiger partial charge in [-0.2, -0.15) is 0 Å². The van der Waals surface area contributed by atoms with E-state index in [-0.39, 0.29) is 5.75 Å². The van der Waals surface area contributed by atoms with Gasteiger partial charge < -0.3 is 15.3 Å². The molecule has 2 aromatic carbocycles. The van der Waals surface area contributed by atoms with E-state index in [9.17, 15) is 5.11 Å². The van der Waals surface area contributed by atoms with Crippen LogP contribution in [0.2, 0.25) is 0 Å². The molecule has 2 rings (SSSR count). The largest absolute Gasteiger partial charge is 0.508 e. The summed E-state index contributed by atoms with van der Waals surface area (Å²) >= 11 is 0. The normalized spacial score (nSPS) is 10.5. The maximum Gasteiger partial charge on any atom is 0.117 e. The Hall–Kier alpha value is -2.16. The highest BCUT2D eigenvalue weighted by Crippen LogP contribution is 2.23. The zero-order chi connectivity index (χ0) is 16.5. The summed E-state index contributed by atoms with van der Waals surface area (Å²) in [6, 6.07) is 15.7. The van der Waals surface area contributed by atoms with Gasteiger partial charge >= 0.3 is 0 Å². The van der Waals surface area contributed by atoms with E-state index in [1.807, 2.05) is 12.1 Å². The van der Waals surface area contributed by atoms with Gasteiger partial charge in [-0.05, 0) is 49.2 Å². The molecule has 0 saturated carbocycles. The fraction of sp³-hybridized carbons (Fsp3) is 0.400. The van der Waals surface area contributed by atoms with Crippen LogP contribution in [0.4, 0.5) is 17.1 Å². The Morgan fingerprint density at radius 3 is 2.09 bits per heavy atom. The predicted molar refractivity (Wildman–Crippen MR) is 99.9 cm³/mol. The summed E-state index contributed by atoms with van der Waals surface area (Å²) < 4.78 is 0. The number of hydrogen-bond acceptors (Lipinski definition) is 3. The molecule has 0 unspecified atom stereocenters. The number of benzene rings is 2. The Morgan fingerprint density at radius 2 is 1.52 bits per heavy atom. The maximum atomic E-state index is 9.53. The van der Waals surface area contributed by atoms with Gasteiger partial charge in [-0.1, -0.05) is 32.8 Å². The maximum absolute atomic E-state index is 9.53. The van der Waals surface area contributed by atoms with Gasteiger partial charge in [0.15, 0.2) is 0 Å². The third-order valence-electron chi connectivity index (χ3n) is 3.93. The van der Waals surface area contributed by atoms with Crippen molar-refractivity contribution in [2.75, 3.05) is 23.3 Å². The number of nitrogens with zero attached hydrogens (tertiary/aromatic N) is 1. The first-order valence-electron chi connectivity index (χ1n) is 8.64. The summed E-state index contributed by atoms with van der Waals surface area (Å²) in [5.41, 5.74) is 3.21. The minimum absolute atomic E-state index is 0.275. The average molecular weight is 312 g/mol. The van der Waals surface area contributed by atoms with Crippen molar-refractivity contribution in [3.63, 3.8) is 0 Å². The molecule has 0 bridgehead atoms. The Balaban J connectivity index is 2.03. The number of phenolic OH excluding ortho intramolecular Hbond substituents is 1. The van der Waals surface area contributed by atoms with Crippen LogP contribution in [-0.4, -0.2) is 18.2 Å². The molecule has 0 aliphatic carbocycles. The lowest BCUT2D eigenvalue weighted by molar-refractivity contribution is 0.475. The van der Waals surface area contributed by atoms with Crippen LogP contribution in [0.1, 0.15) is 39.5 Å². The van der Waals surface area contributed by atoms with Crippen molar-refractivity contribution in [3.8, 4) is 5.75 Å². The molecule has 0 atom stereocenters. The zero-order valence-electron chi connectivity index (χ0n) is 14.3. The molecule has 0 spiro atoms. The molecule has 0 saturated heterocycles. The van der Waals surface area contributed by atoms with Crippen LogP contribution >= 0.6 is 0 Å². The van der Waals surface area contributed by atoms with Crippen LogP contribution in [0, 0.1) is 0 Å². The second-order valence-corrected chi connectivity index (χ2v) is 5.92. The van der Waals surface area contributed by atoms with Gasteiger partial charge in [-0.25, -0.2) is 0 Å². The van der Waals surface area contributed by atoms with E-state index in [0.29, 0.717) is 0 Å². The molecule has 0 amide bonds. The molecule has 23 heavy (non-hydrogen) atoms. The molecule has 0 aromatic heterocycles. The second-order valence-electron chi connectivity index (χ2n) is 5.92. The molecular formula is C20H28N2O. The van der Waals surface area contributed by atoms with E-state index in [0.717, 1.165) is 24.5 Å². The highest BCUT2D eigenvalue weighted by Gasteiger charge is 2.05. The molecule has 0 radical (unpaired) electrons. The quantitative estimate of drug-likeness (QED) is 0.638. The predicted octanol–water partition coefficient (Wildman–Crippen LogP) is 5.54. The number of nitrogens with one attached hydrogen (secondary N) is 1. The Labute approximate surface area is 140 Å². The van der Waals surface area contributed by atoms with Gasteiger partial charge in [0.25, 0.3) is 0 Å². The van der Waals surface area contributed by atoms with Crippen molar-refractivity contribution in [2.24, 2.45) is 0 Å². The highest BCUT2D eigenvalue weighted by atomic mass is 16.3. The van der Waals surface area contributed by atoms with Gasteiger partial charge in [-0.15, -0.1) is 0 Å². The summed E-state index contributed by atoms with van der Waals surface area (Å²) in [6.07, 6.45) is 4.90. The Kier molecular flexibility index (Phi) is 6.79. The molecule has 124 valence electrons. The third-order valence-corrected chi connectivity index (χ3v) is 3.93. The van der Waals surface area contributed by atoms with Crippen LogP contribution in [0.3, 0.4) is 0 Å². The van der Waals surface area contributed by atoms with E-state index in [1.54, 1.807) is 12.1 Å². The number of anilines is 3. The van der Waals surface area contributed by atoms with Crippen molar-refractivity contribution in [3.05, 3.63) is 48.5 Å². The number of rotatable bonds is 9. The van der Waals surface area contributed by atoms with Gasteiger partial charge in [0.05, 0.1) is 0 Å². The van der Waals surface area contributed by atoms with Gasteiger partial charge in [0.1, 0.15) is 5.75 Å². The molecule has 3 heteroatoms. The Bertz CT molecular complexity index is 572. The molecule has 0 aliphatic rings. The first-order valence-corrected chi connectivity index (χ1v) is 8.64. The topological polar surface area (TPSA) is 35.5 Å². The van der Waals surface area contributed by atoms with Crippen molar-refractivity contribution in [1.29, 1.82) is 0 Å². The minimum Gasteiger partial charge on any atom is -0.508 e. The fourth-order valence-corrected chi connectivity index (χ4v) is 2.57. The van der Waals surface area contributed by atoms with Crippen LogP contribution in [0.5, 0.6) is 5.75 Å². The fourth-order valence-electron chi connectivity index (χ4n) is 2.57. The highest BCUT2D eigenvalue weighted by molar-refractivity contribution is 5.63. The molecule has 0 fully saturated rings. The van der Waals surface area contributed by atoms with Gasteiger partial charge in [0, 0.05) is 36.2 Å². The number of aromatic hydroxyl groups is 1. The van der Waals surface area contributed by atoms with Crippen molar-refractivity contribution in [2.45, 2.75) is 39.5 Å². The Morgan fingerprint density at radius 1 is 0.870 bits per heavy atom. The summed E-state index contributed by atoms with van der Waals surface area (Å²) in [6.45, 7) is 6.71. The smallest absolute Gasteiger partial charge is 0.117 e. The zero-order valence-corrected chi connectivity index (χ0v) is 14.3. The van der Waals surface area contributed by atoms with E-state index >= 15 is 0 Å². The van der Waals surface area contributed by atoms with Crippen LogP contribution < -0.4 is 10.2 Å². The molecule has 0 aliphatic heterocycles. The molecule has 0 heterocycles. The average Bonchev–Trinajstić information content (AvgIpc) is 2.56. The number of phenols is 1. The van der Waals surface area contributed by atoms with Crippen molar-refractivity contribution < 1.29 is 5.11 Å². The lowest BCUT2D eigenvalue weighted by atomic mass is 10.2. The van der Waals surface area contributed by atoms with Crippen LogP contribution in [0.25, 0.3) is 0 Å². The van der Waals surface area contributed by atoms with Crippen molar-refractivity contribution in [1.82, 2.24) is 0 Å². The lowest BCUT2D eigenvalue weighted by Crippen LogP contribution is -2.25. The standard InChI is InChI=1S/C20H28N2O/c1-3-5-14-22(15-6-4-2)19-12-10-17(11-13-19)21-18-8-7-9-20(23)16-18/h7-13,16,21,23H,3-6,14-15H2,1-2H3. The number of hydrogen-bond donors (Lipinski definition) is 2. The third kappa shape index (κ3) is 5.51. The van der Waals surface area contributed by atoms with E-state index < -0.39 is 0 Å². The number of unbranched alkanes of at least 4 members (excludes halogenated alkanes) is 2. The second kappa shape index (κ2) is 9.09. The summed E-state index contributed by atoms with van der Waals surface area (Å²) in [7, 11) is 0. The van der Waals surface area contributed by atoms with Crippen molar-refractivity contribution >= 4 is 17.1 Å². The van der Waals surface area contributed by atoms with E-state index in [1.165, 1.54) is 31.4 Å². The van der Waals surface area contributed by atoms with Gasteiger partial charge in [0.2, 0.25) is 0 Å². The van der Waals surface area contributed by atoms with Crippen LogP contribution in [0.15, 0.2) is 48.5 Å². The molecular weight excluding hydrogens is 284 g/mol. The molecule has 3 nitrogen and oxygen atoms in total. The monoisotopic (exact) mass is 312 g/mol. The summed E-state index contributed by atoms with van der Waals surface area (Å²) in [5.74, 6) is 0.275. The van der Waals surface area contributed by atoms with E-state index in [4.69, 9.17) is 0 Å². The van der Waals surface area contributed by atoms with Crippen LogP contribution in [-0.2, 0) is 0 Å². The first-order chi connectivity index (χ1) is 11.2. The lowest BCUT2D eigenvalue weighted by Gasteiger charge is -2.25. The van der Waals surface area contributed by atoms with E-state index in [2.05, 4.69) is 48.3 Å². The van der Waals surface area contributed by atoms with Gasteiger partial charge in [-0.3, -0.25) is 0 Å². The SMILES string of the molecule is CCCCN(CCCC)c1ccc(Nc2cccc(O)c2)cc1. The minimum atomic E-state index is 0.275. The molecule has 2 N–H and O–H groups in total. The molecule has 2 aromatic rings. The summed E-state index contributed by atoms with van der Waals surface area (Å²) in [5, 5.41) is 12.8. The summed E-state index contributed by atoms with van der Waals surface area (Å²) in [4.78, 5) is 2.48. The first kappa shape index (κ1) is 17.2.